The van der Waals surface area contributed by atoms with Gasteiger partial charge in [-0.15, -0.1) is 0 Å². The van der Waals surface area contributed by atoms with Gasteiger partial charge in [0.1, 0.15) is 0 Å². The van der Waals surface area contributed by atoms with Crippen LogP contribution in [-0.2, 0) is 9.84 Å². The molecule has 0 fully saturated rings. The third kappa shape index (κ3) is 2.96. The van der Waals surface area contributed by atoms with Gasteiger partial charge in [0.25, 0.3) is 0 Å². The zero-order chi connectivity index (χ0) is 17.5. The molecule has 1 N–H and O–H groups in total. The van der Waals surface area contributed by atoms with Crippen LogP contribution in [0.2, 0.25) is 0 Å². The van der Waals surface area contributed by atoms with Gasteiger partial charge in [0.05, 0.1) is 16.5 Å². The summed E-state index contributed by atoms with van der Waals surface area (Å²) >= 11 is 0. The predicted octanol–water partition coefficient (Wildman–Crippen LogP) is 2.63. The van der Waals surface area contributed by atoms with Crippen molar-refractivity contribution in [2.75, 3.05) is 6.26 Å². The summed E-state index contributed by atoms with van der Waals surface area (Å²) in [5.74, 6) is 0.834. The summed E-state index contributed by atoms with van der Waals surface area (Å²) in [4.78, 5) is 4.70. The Balaban J connectivity index is 1.91. The van der Waals surface area contributed by atoms with Crippen LogP contribution >= 0.6 is 0 Å². The minimum Gasteiger partial charge on any atom is -0.338 e. The Morgan fingerprint density at radius 3 is 2.38 bits per heavy atom. The fourth-order valence-electron chi connectivity index (χ4n) is 2.70. The van der Waals surface area contributed by atoms with Gasteiger partial charge in [-0.2, -0.15) is 10.1 Å². The summed E-state index contributed by atoms with van der Waals surface area (Å²) in [6, 6.07) is 6.41. The van der Waals surface area contributed by atoms with E-state index in [1.54, 1.807) is 12.1 Å². The lowest BCUT2D eigenvalue weighted by molar-refractivity contribution is 0.370. The van der Waals surface area contributed by atoms with Crippen LogP contribution in [0.15, 0.2) is 33.7 Å². The molecule has 7 nitrogen and oxygen atoms in total. The molecule has 2 aromatic heterocycles. The lowest BCUT2D eigenvalue weighted by atomic mass is 9.99. The number of nitrogens with zero attached hydrogens (tertiary/aromatic N) is 3. The Labute approximate surface area is 140 Å². The van der Waals surface area contributed by atoms with Crippen LogP contribution in [0, 0.1) is 13.8 Å². The van der Waals surface area contributed by atoms with Crippen LogP contribution < -0.4 is 0 Å². The second-order valence-corrected chi connectivity index (χ2v) is 7.84. The first-order chi connectivity index (χ1) is 11.3. The Morgan fingerprint density at radius 2 is 1.83 bits per heavy atom. The summed E-state index contributed by atoms with van der Waals surface area (Å²) in [6.45, 7) is 5.86. The van der Waals surface area contributed by atoms with E-state index in [1.807, 2.05) is 20.8 Å². The van der Waals surface area contributed by atoms with Gasteiger partial charge in [0, 0.05) is 23.1 Å². The average molecular weight is 346 g/mol. The van der Waals surface area contributed by atoms with Crippen molar-refractivity contribution >= 4 is 9.84 Å². The second kappa shape index (κ2) is 5.86. The van der Waals surface area contributed by atoms with Crippen molar-refractivity contribution in [2.24, 2.45) is 0 Å². The quantitative estimate of drug-likeness (QED) is 0.779. The van der Waals surface area contributed by atoms with Gasteiger partial charge in [-0.1, -0.05) is 5.16 Å². The molecule has 126 valence electrons. The van der Waals surface area contributed by atoms with Crippen molar-refractivity contribution in [3.63, 3.8) is 0 Å². The summed E-state index contributed by atoms with van der Waals surface area (Å²) in [7, 11) is -3.22. The summed E-state index contributed by atoms with van der Waals surface area (Å²) in [5.41, 5.74) is 3.61. The molecule has 0 amide bonds. The molecule has 0 saturated heterocycles. The maximum Gasteiger partial charge on any atom is 0.234 e. The smallest absolute Gasteiger partial charge is 0.234 e. The number of rotatable bonds is 4. The molecule has 8 heteroatoms. The monoisotopic (exact) mass is 346 g/mol. The van der Waals surface area contributed by atoms with E-state index in [4.69, 9.17) is 4.52 Å². The molecule has 2 heterocycles. The highest BCUT2D eigenvalue weighted by atomic mass is 32.2. The molecule has 1 aromatic carbocycles. The number of sulfone groups is 1. The van der Waals surface area contributed by atoms with Gasteiger partial charge in [0.15, 0.2) is 9.84 Å². The molecule has 0 spiro atoms. The van der Waals surface area contributed by atoms with Crippen LogP contribution in [0.4, 0.5) is 0 Å². The molecule has 0 saturated carbocycles. The molecule has 0 unspecified atom stereocenters. The van der Waals surface area contributed by atoms with E-state index in [-0.39, 0.29) is 10.8 Å². The zero-order valence-corrected chi connectivity index (χ0v) is 14.7. The first kappa shape index (κ1) is 16.4. The highest BCUT2D eigenvalue weighted by Crippen LogP contribution is 2.28. The number of aryl methyl sites for hydroxylation is 2. The highest BCUT2D eigenvalue weighted by Gasteiger charge is 2.22. The lowest BCUT2D eigenvalue weighted by Crippen LogP contribution is -1.99. The van der Waals surface area contributed by atoms with Crippen LogP contribution in [0.5, 0.6) is 0 Å². The number of benzene rings is 1. The Bertz CT molecular complexity index is 952. The Hall–Kier alpha value is -2.48. The van der Waals surface area contributed by atoms with Gasteiger partial charge < -0.3 is 4.52 Å². The molecule has 0 bridgehead atoms. The molecule has 0 aliphatic heterocycles. The van der Waals surface area contributed by atoms with E-state index in [1.165, 1.54) is 18.4 Å². The number of aromatic nitrogens is 4. The molecular formula is C16H18N4O3S. The topological polar surface area (TPSA) is 102 Å². The zero-order valence-electron chi connectivity index (χ0n) is 13.9. The molecule has 24 heavy (non-hydrogen) atoms. The van der Waals surface area contributed by atoms with E-state index in [9.17, 15) is 8.42 Å². The van der Waals surface area contributed by atoms with E-state index in [2.05, 4.69) is 20.3 Å². The minimum absolute atomic E-state index is 0.0831. The number of nitrogens with one attached hydrogen (secondary N) is 1. The third-order valence-corrected chi connectivity index (χ3v) is 5.10. The molecule has 3 rings (SSSR count). The Kier molecular flexibility index (Phi) is 4.00. The van der Waals surface area contributed by atoms with E-state index in [0.29, 0.717) is 17.3 Å². The molecule has 1 atom stereocenters. The van der Waals surface area contributed by atoms with Gasteiger partial charge in [0.2, 0.25) is 11.7 Å². The standard InChI is InChI=1S/C16H18N4O3S/c1-9(14-10(2)18-19-11(14)3)16-17-15(20-23-16)12-5-7-13(8-6-12)24(4,21)22/h5-9H,1-4H3,(H,18,19)/t9-/m1/s1. The first-order valence-electron chi connectivity index (χ1n) is 7.43. The highest BCUT2D eigenvalue weighted by molar-refractivity contribution is 7.90. The van der Waals surface area contributed by atoms with E-state index in [0.717, 1.165) is 17.0 Å². The number of aromatic amines is 1. The van der Waals surface area contributed by atoms with Crippen LogP contribution in [0.25, 0.3) is 11.4 Å². The largest absolute Gasteiger partial charge is 0.338 e. The van der Waals surface area contributed by atoms with Crippen molar-refractivity contribution < 1.29 is 12.9 Å². The van der Waals surface area contributed by atoms with Gasteiger partial charge in [-0.05, 0) is 45.0 Å². The first-order valence-corrected chi connectivity index (χ1v) is 9.32. The maximum absolute atomic E-state index is 11.5. The molecule has 0 radical (unpaired) electrons. The average Bonchev–Trinajstić information content (AvgIpc) is 3.13. The predicted molar refractivity (Wildman–Crippen MR) is 88.4 cm³/mol. The van der Waals surface area contributed by atoms with Gasteiger partial charge in [-0.25, -0.2) is 8.42 Å². The van der Waals surface area contributed by atoms with Crippen LogP contribution in [0.1, 0.15) is 35.7 Å². The van der Waals surface area contributed by atoms with E-state index >= 15 is 0 Å². The summed E-state index contributed by atoms with van der Waals surface area (Å²) in [6.07, 6.45) is 1.17. The summed E-state index contributed by atoms with van der Waals surface area (Å²) < 4.78 is 28.4. The summed E-state index contributed by atoms with van der Waals surface area (Å²) in [5, 5.41) is 11.1. The van der Waals surface area contributed by atoms with E-state index < -0.39 is 9.84 Å². The molecule has 0 aliphatic rings. The second-order valence-electron chi connectivity index (χ2n) is 5.82. The van der Waals surface area contributed by atoms with Crippen molar-refractivity contribution in [3.05, 3.63) is 47.1 Å². The van der Waals surface area contributed by atoms with Gasteiger partial charge in [-0.3, -0.25) is 5.10 Å². The molecule has 3 aromatic rings. The number of H-pyrrole nitrogens is 1. The number of hydrogen-bond donors (Lipinski definition) is 1. The minimum atomic E-state index is -3.22. The third-order valence-electron chi connectivity index (χ3n) is 3.97. The molecule has 0 aliphatic carbocycles. The van der Waals surface area contributed by atoms with Crippen molar-refractivity contribution in [2.45, 2.75) is 31.6 Å². The Morgan fingerprint density at radius 1 is 1.17 bits per heavy atom. The molecular weight excluding hydrogens is 328 g/mol. The van der Waals surface area contributed by atoms with Crippen LogP contribution in [0.3, 0.4) is 0 Å². The number of hydrogen-bond acceptors (Lipinski definition) is 6. The van der Waals surface area contributed by atoms with Crippen molar-refractivity contribution in [3.8, 4) is 11.4 Å². The normalized spacial score (nSPS) is 13.2. The van der Waals surface area contributed by atoms with Crippen LogP contribution in [-0.4, -0.2) is 35.0 Å². The van der Waals surface area contributed by atoms with Gasteiger partial charge >= 0.3 is 0 Å². The fourth-order valence-corrected chi connectivity index (χ4v) is 3.33. The van der Waals surface area contributed by atoms with Crippen molar-refractivity contribution in [1.82, 2.24) is 20.3 Å². The lowest BCUT2D eigenvalue weighted by Gasteiger charge is -2.06. The fraction of sp³-hybridized carbons (Fsp3) is 0.312. The van der Waals surface area contributed by atoms with Crippen molar-refractivity contribution in [1.29, 1.82) is 0 Å². The SMILES string of the molecule is Cc1n[nH]c(C)c1[C@@H](C)c1nc(-c2ccc(S(C)(=O)=O)cc2)no1. The maximum atomic E-state index is 11.5.